The maximum absolute atomic E-state index is 12.6. The van der Waals surface area contributed by atoms with Crippen LogP contribution in [0.4, 0.5) is 5.69 Å². The number of nitrogens with one attached hydrogen (secondary N) is 1. The highest BCUT2D eigenvalue weighted by molar-refractivity contribution is 6.02. The highest BCUT2D eigenvalue weighted by Gasteiger charge is 2.15. The fourth-order valence-electron chi connectivity index (χ4n) is 3.67. The number of carbonyl (C=O) groups excluding carboxylic acids is 1. The molecule has 4 rings (SSSR count). The fraction of sp³-hybridized carbons (Fsp3) is 0.179. The van der Waals surface area contributed by atoms with Crippen LogP contribution in [0.25, 0.3) is 0 Å². The van der Waals surface area contributed by atoms with Crippen LogP contribution in [-0.4, -0.2) is 10.8 Å². The van der Waals surface area contributed by atoms with Crippen molar-refractivity contribution in [1.29, 1.82) is 0 Å². The average Bonchev–Trinajstić information content (AvgIpc) is 3.26. The Bertz CT molecular complexity index is 1160. The highest BCUT2D eigenvalue weighted by atomic mass is 16.4. The predicted molar refractivity (Wildman–Crippen MR) is 128 cm³/mol. The van der Waals surface area contributed by atoms with E-state index in [1.807, 2.05) is 43.3 Å². The number of hydrogen-bond acceptors (Lipinski definition) is 3. The summed E-state index contributed by atoms with van der Waals surface area (Å²) in [5.41, 5.74) is 5.69. The van der Waals surface area contributed by atoms with Gasteiger partial charge in [-0.25, -0.2) is 0 Å². The van der Waals surface area contributed by atoms with Crippen LogP contribution in [0.1, 0.15) is 38.6 Å². The lowest BCUT2D eigenvalue weighted by molar-refractivity contribution is 0.0992. The lowest BCUT2D eigenvalue weighted by Crippen LogP contribution is -2.22. The molecule has 4 aromatic rings. The third kappa shape index (κ3) is 5.74. The van der Waals surface area contributed by atoms with Gasteiger partial charge in [0.15, 0.2) is 5.76 Å². The molecule has 0 aliphatic rings. The molecule has 0 aliphatic heterocycles. The number of carbonyl (C=O) groups is 1. The van der Waals surface area contributed by atoms with Crippen LogP contribution in [0.3, 0.4) is 0 Å². The Hall–Kier alpha value is -3.63. The first kappa shape index (κ1) is 21.6. The van der Waals surface area contributed by atoms with Crippen molar-refractivity contribution in [3.8, 4) is 0 Å². The Morgan fingerprint density at radius 2 is 1.50 bits per heavy atom. The summed E-state index contributed by atoms with van der Waals surface area (Å²) in [5.74, 6) is 0.841. The summed E-state index contributed by atoms with van der Waals surface area (Å²) in [6.07, 6.45) is 0. The smallest absolute Gasteiger partial charge is 0.291 e. The van der Waals surface area contributed by atoms with Crippen LogP contribution in [0.5, 0.6) is 0 Å². The number of amides is 1. The van der Waals surface area contributed by atoms with Crippen LogP contribution >= 0.6 is 0 Å². The molecule has 1 amide bonds. The molecule has 32 heavy (non-hydrogen) atoms. The molecule has 162 valence electrons. The zero-order valence-electron chi connectivity index (χ0n) is 18.5. The van der Waals surface area contributed by atoms with Crippen LogP contribution in [-0.2, 0) is 19.6 Å². The average molecular weight is 425 g/mol. The Labute approximate surface area is 189 Å². The number of anilines is 1. The van der Waals surface area contributed by atoms with Gasteiger partial charge in [0.25, 0.3) is 5.91 Å². The van der Waals surface area contributed by atoms with Crippen molar-refractivity contribution in [1.82, 2.24) is 4.90 Å². The highest BCUT2D eigenvalue weighted by Crippen LogP contribution is 2.19. The largest absolute Gasteiger partial charge is 0.455 e. The summed E-state index contributed by atoms with van der Waals surface area (Å²) in [5, 5.41) is 2.89. The normalized spacial score (nSPS) is 11.0. The Kier molecular flexibility index (Phi) is 6.83. The number of nitrogens with zero attached hydrogens (tertiary/aromatic N) is 1. The zero-order chi connectivity index (χ0) is 22.3. The van der Waals surface area contributed by atoms with Crippen molar-refractivity contribution in [3.05, 3.63) is 125 Å². The fourth-order valence-corrected chi connectivity index (χ4v) is 3.67. The SMILES string of the molecule is Cc1ccc(NC(=O)c2ccc(CN(Cc3ccccc3)Cc3ccccc3C)o2)cc1. The third-order valence-electron chi connectivity index (χ3n) is 5.48. The van der Waals surface area contributed by atoms with Gasteiger partial charge in [0.2, 0.25) is 0 Å². The lowest BCUT2D eigenvalue weighted by Gasteiger charge is -2.22. The van der Waals surface area contributed by atoms with E-state index < -0.39 is 0 Å². The molecule has 0 radical (unpaired) electrons. The Morgan fingerprint density at radius 1 is 0.781 bits per heavy atom. The van der Waals surface area contributed by atoms with Gasteiger partial charge in [-0.1, -0.05) is 72.3 Å². The van der Waals surface area contributed by atoms with Gasteiger partial charge < -0.3 is 9.73 Å². The van der Waals surface area contributed by atoms with Gasteiger partial charge in [0.05, 0.1) is 6.54 Å². The van der Waals surface area contributed by atoms with Gasteiger partial charge >= 0.3 is 0 Å². The maximum atomic E-state index is 12.6. The van der Waals surface area contributed by atoms with E-state index in [0.717, 1.165) is 30.1 Å². The minimum Gasteiger partial charge on any atom is -0.455 e. The van der Waals surface area contributed by atoms with Gasteiger partial charge in [-0.05, 0) is 54.8 Å². The van der Waals surface area contributed by atoms with Crippen molar-refractivity contribution in [2.45, 2.75) is 33.5 Å². The van der Waals surface area contributed by atoms with Crippen molar-refractivity contribution in [3.63, 3.8) is 0 Å². The van der Waals surface area contributed by atoms with E-state index in [9.17, 15) is 4.79 Å². The van der Waals surface area contributed by atoms with Crippen LogP contribution in [0.2, 0.25) is 0 Å². The van der Waals surface area contributed by atoms with Gasteiger partial charge in [0.1, 0.15) is 5.76 Å². The quantitative estimate of drug-likeness (QED) is 0.358. The predicted octanol–water partition coefficient (Wildman–Crippen LogP) is 6.35. The summed E-state index contributed by atoms with van der Waals surface area (Å²) in [6.45, 7) is 6.36. The van der Waals surface area contributed by atoms with E-state index >= 15 is 0 Å². The minimum absolute atomic E-state index is 0.242. The monoisotopic (exact) mass is 424 g/mol. The van der Waals surface area contributed by atoms with Gasteiger partial charge in [-0.15, -0.1) is 0 Å². The second kappa shape index (κ2) is 10.1. The second-order valence-electron chi connectivity index (χ2n) is 8.14. The summed E-state index contributed by atoms with van der Waals surface area (Å²) in [7, 11) is 0. The van der Waals surface area contributed by atoms with E-state index in [0.29, 0.717) is 12.3 Å². The molecule has 0 aliphatic carbocycles. The zero-order valence-corrected chi connectivity index (χ0v) is 18.5. The number of benzene rings is 3. The van der Waals surface area contributed by atoms with E-state index in [4.69, 9.17) is 4.42 Å². The molecule has 0 saturated heterocycles. The summed E-state index contributed by atoms with van der Waals surface area (Å²) >= 11 is 0. The van der Waals surface area contributed by atoms with Crippen molar-refractivity contribution in [2.24, 2.45) is 0 Å². The maximum Gasteiger partial charge on any atom is 0.291 e. The number of rotatable bonds is 8. The molecule has 0 saturated carbocycles. The van der Waals surface area contributed by atoms with Gasteiger partial charge in [-0.2, -0.15) is 0 Å². The molecule has 0 unspecified atom stereocenters. The topological polar surface area (TPSA) is 45.5 Å². The molecular weight excluding hydrogens is 396 g/mol. The Morgan fingerprint density at radius 3 is 2.25 bits per heavy atom. The molecule has 4 nitrogen and oxygen atoms in total. The molecule has 1 N–H and O–H groups in total. The molecule has 3 aromatic carbocycles. The van der Waals surface area contributed by atoms with Crippen LogP contribution in [0, 0.1) is 13.8 Å². The van der Waals surface area contributed by atoms with E-state index in [2.05, 4.69) is 65.7 Å². The van der Waals surface area contributed by atoms with Crippen LogP contribution < -0.4 is 5.32 Å². The molecule has 1 heterocycles. The second-order valence-corrected chi connectivity index (χ2v) is 8.14. The van der Waals surface area contributed by atoms with Crippen molar-refractivity contribution >= 4 is 11.6 Å². The molecule has 1 aromatic heterocycles. The third-order valence-corrected chi connectivity index (χ3v) is 5.48. The first-order valence-electron chi connectivity index (χ1n) is 10.8. The molecule has 0 atom stereocenters. The molecule has 0 bridgehead atoms. The number of furan rings is 1. The number of hydrogen-bond donors (Lipinski definition) is 1. The molecule has 0 fully saturated rings. The van der Waals surface area contributed by atoms with Crippen molar-refractivity contribution in [2.75, 3.05) is 5.32 Å². The first-order chi connectivity index (χ1) is 15.6. The van der Waals surface area contributed by atoms with E-state index in [1.54, 1.807) is 6.07 Å². The summed E-state index contributed by atoms with van der Waals surface area (Å²) in [6, 6.07) is 30.2. The molecule has 4 heteroatoms. The molecule has 0 spiro atoms. The summed E-state index contributed by atoms with van der Waals surface area (Å²) in [4.78, 5) is 14.9. The standard InChI is InChI=1S/C28H28N2O2/c1-21-12-14-25(15-13-21)29-28(31)27-17-16-26(32-27)20-30(18-23-9-4-3-5-10-23)19-24-11-7-6-8-22(24)2/h3-17H,18-20H2,1-2H3,(H,29,31). The first-order valence-corrected chi connectivity index (χ1v) is 10.8. The van der Waals surface area contributed by atoms with Gasteiger partial charge in [0, 0.05) is 18.8 Å². The lowest BCUT2D eigenvalue weighted by atomic mass is 10.1. The van der Waals surface area contributed by atoms with E-state index in [-0.39, 0.29) is 5.91 Å². The minimum atomic E-state index is -0.242. The Balaban J connectivity index is 1.48. The van der Waals surface area contributed by atoms with Crippen LogP contribution in [0.15, 0.2) is 95.4 Å². The van der Waals surface area contributed by atoms with Gasteiger partial charge in [-0.3, -0.25) is 9.69 Å². The molecular formula is C28H28N2O2. The number of aryl methyl sites for hydroxylation is 2. The summed E-state index contributed by atoms with van der Waals surface area (Å²) < 4.78 is 5.92. The van der Waals surface area contributed by atoms with E-state index in [1.165, 1.54) is 16.7 Å². The van der Waals surface area contributed by atoms with Crippen molar-refractivity contribution < 1.29 is 9.21 Å².